The molecular weight excluding hydrogens is 765 g/mol. The van der Waals surface area contributed by atoms with Crippen molar-refractivity contribution in [2.24, 2.45) is 0 Å². The van der Waals surface area contributed by atoms with E-state index in [0.717, 1.165) is 66.6 Å². The van der Waals surface area contributed by atoms with E-state index in [1.807, 2.05) is 83.6 Å². The first kappa shape index (κ1) is 40.4. The highest BCUT2D eigenvalue weighted by molar-refractivity contribution is 7.90. The summed E-state index contributed by atoms with van der Waals surface area (Å²) in [6.07, 6.45) is 0. The third-order valence-corrected chi connectivity index (χ3v) is 11.9. The van der Waals surface area contributed by atoms with Gasteiger partial charge in [-0.3, -0.25) is 24.7 Å². The maximum atomic E-state index is 13.9. The molecule has 1 aliphatic rings. The number of hydrogen-bond donors (Lipinski definition) is 1. The van der Waals surface area contributed by atoms with Crippen LogP contribution in [-0.4, -0.2) is 75.4 Å². The lowest BCUT2D eigenvalue weighted by atomic mass is 9.97. The van der Waals surface area contributed by atoms with Gasteiger partial charge in [-0.05, 0) is 64.2 Å². The molecule has 0 aromatic heterocycles. The minimum absolute atomic E-state index is 0.111. The van der Waals surface area contributed by atoms with Gasteiger partial charge in [0.05, 0.1) is 15.9 Å². The Morgan fingerprint density at radius 2 is 1.29 bits per heavy atom. The SMILES string of the molecule is CN(C(=O)N(C)C(c1ccccc1)c1ccccc1)c1ccc(S(=O)(=O)NC(=O)c2ccc(N3CCN(Cc4ccccc4-c4ccccc4)CC3)cc2)cc1[N+](=O)[O-]. The average molecular weight is 809 g/mol. The van der Waals surface area contributed by atoms with Crippen molar-refractivity contribution >= 4 is 39.0 Å². The average Bonchev–Trinajstić information content (AvgIpc) is 3.27. The number of piperazine rings is 1. The number of anilines is 2. The van der Waals surface area contributed by atoms with Gasteiger partial charge in [-0.15, -0.1) is 0 Å². The van der Waals surface area contributed by atoms with Gasteiger partial charge in [0.25, 0.3) is 21.6 Å². The van der Waals surface area contributed by atoms with E-state index in [1.165, 1.54) is 34.7 Å². The molecule has 1 N–H and O–H groups in total. The molecule has 0 atom stereocenters. The van der Waals surface area contributed by atoms with Crippen molar-refractivity contribution in [3.63, 3.8) is 0 Å². The molecule has 1 aliphatic heterocycles. The zero-order valence-electron chi connectivity index (χ0n) is 32.7. The van der Waals surface area contributed by atoms with Gasteiger partial charge in [0.2, 0.25) is 0 Å². The van der Waals surface area contributed by atoms with Crippen molar-refractivity contribution < 1.29 is 22.9 Å². The van der Waals surface area contributed by atoms with Gasteiger partial charge >= 0.3 is 6.03 Å². The molecule has 0 aliphatic carbocycles. The molecule has 0 radical (unpaired) electrons. The first-order chi connectivity index (χ1) is 28.5. The lowest BCUT2D eigenvalue weighted by Crippen LogP contribution is -2.46. The summed E-state index contributed by atoms with van der Waals surface area (Å²) < 4.78 is 28.9. The monoisotopic (exact) mass is 808 g/mol. The topological polar surface area (TPSA) is 136 Å². The van der Waals surface area contributed by atoms with Gasteiger partial charge in [-0.2, -0.15) is 0 Å². The fraction of sp³-hybridized carbons (Fsp3) is 0.174. The molecular formula is C46H44N6O6S. The van der Waals surface area contributed by atoms with E-state index in [2.05, 4.69) is 46.2 Å². The molecule has 0 unspecified atom stereocenters. The van der Waals surface area contributed by atoms with Crippen molar-refractivity contribution in [1.29, 1.82) is 0 Å². The van der Waals surface area contributed by atoms with E-state index in [-0.39, 0.29) is 11.3 Å². The van der Waals surface area contributed by atoms with E-state index >= 15 is 0 Å². The Labute approximate surface area is 344 Å². The van der Waals surface area contributed by atoms with Crippen molar-refractivity contribution in [2.75, 3.05) is 50.1 Å². The summed E-state index contributed by atoms with van der Waals surface area (Å²) in [4.78, 5) is 45.4. The van der Waals surface area contributed by atoms with Gasteiger partial charge in [-0.25, -0.2) is 17.9 Å². The fourth-order valence-electron chi connectivity index (χ4n) is 7.49. The van der Waals surface area contributed by atoms with Gasteiger partial charge in [-0.1, -0.05) is 115 Å². The van der Waals surface area contributed by atoms with Crippen LogP contribution in [0.25, 0.3) is 11.1 Å². The maximum Gasteiger partial charge on any atom is 0.324 e. The van der Waals surface area contributed by atoms with Crippen LogP contribution in [0.5, 0.6) is 0 Å². The van der Waals surface area contributed by atoms with Crippen LogP contribution in [0.3, 0.4) is 0 Å². The first-order valence-corrected chi connectivity index (χ1v) is 20.6. The quantitative estimate of drug-likeness (QED) is 0.0972. The van der Waals surface area contributed by atoms with Gasteiger partial charge in [0, 0.05) is 64.1 Å². The molecule has 13 heteroatoms. The molecule has 0 saturated carbocycles. The van der Waals surface area contributed by atoms with E-state index in [1.54, 1.807) is 31.3 Å². The highest BCUT2D eigenvalue weighted by Gasteiger charge is 2.31. The number of carbonyl (C=O) groups excluding carboxylic acids is 2. The second kappa shape index (κ2) is 17.8. The number of benzene rings is 6. The smallest absolute Gasteiger partial charge is 0.324 e. The predicted molar refractivity (Wildman–Crippen MR) is 230 cm³/mol. The molecule has 1 saturated heterocycles. The summed E-state index contributed by atoms with van der Waals surface area (Å²) in [5.41, 5.74) is 5.62. The van der Waals surface area contributed by atoms with E-state index < -0.39 is 43.5 Å². The van der Waals surface area contributed by atoms with E-state index in [9.17, 15) is 28.1 Å². The number of nitro benzene ring substituents is 1. The Morgan fingerprint density at radius 3 is 1.88 bits per heavy atom. The minimum Gasteiger partial charge on any atom is -0.369 e. The van der Waals surface area contributed by atoms with Crippen LogP contribution < -0.4 is 14.5 Å². The van der Waals surface area contributed by atoms with Gasteiger partial charge in [0.1, 0.15) is 5.69 Å². The maximum absolute atomic E-state index is 13.9. The molecule has 6 aromatic rings. The number of nitrogens with one attached hydrogen (secondary N) is 1. The predicted octanol–water partition coefficient (Wildman–Crippen LogP) is 7.98. The molecule has 0 bridgehead atoms. The number of carbonyl (C=O) groups is 2. The Balaban J connectivity index is 0.995. The summed E-state index contributed by atoms with van der Waals surface area (Å²) in [5, 5.41) is 12.3. The Bertz CT molecular complexity index is 2490. The summed E-state index contributed by atoms with van der Waals surface area (Å²) >= 11 is 0. The number of rotatable bonds is 12. The third kappa shape index (κ3) is 9.17. The number of sulfonamides is 1. The summed E-state index contributed by atoms with van der Waals surface area (Å²) in [6, 6.07) is 46.4. The van der Waals surface area contributed by atoms with Crippen LogP contribution >= 0.6 is 0 Å². The molecule has 12 nitrogen and oxygen atoms in total. The second-order valence-corrected chi connectivity index (χ2v) is 16.0. The standard InChI is InChI=1S/C46H44N6O6S/c1-48(46(54)49(2)44(35-16-8-4-9-17-35)36-18-10-5-11-19-36)42-27-26-40(32-43(42)52(55)56)59(57,58)47-45(53)37-22-24-39(25-23-37)51-30-28-50(29-31-51)33-38-20-12-13-21-41(38)34-14-6-3-7-15-34/h3-27,32,44H,28-31,33H2,1-2H3,(H,47,53). The van der Waals surface area contributed by atoms with Crippen molar-refractivity contribution in [1.82, 2.24) is 14.5 Å². The molecule has 59 heavy (non-hydrogen) atoms. The third-order valence-electron chi connectivity index (χ3n) is 10.6. The number of urea groups is 1. The van der Waals surface area contributed by atoms with Crippen molar-refractivity contribution in [3.05, 3.63) is 190 Å². The molecule has 6 aromatic carbocycles. The molecule has 7 rings (SSSR count). The Morgan fingerprint density at radius 1 is 0.729 bits per heavy atom. The number of nitrogens with zero attached hydrogens (tertiary/aromatic N) is 5. The Hall–Kier alpha value is -6.83. The number of amides is 3. The molecule has 300 valence electrons. The molecule has 1 fully saturated rings. The minimum atomic E-state index is -4.55. The van der Waals surface area contributed by atoms with Crippen LogP contribution in [-0.2, 0) is 16.6 Å². The molecule has 1 heterocycles. The fourth-order valence-corrected chi connectivity index (χ4v) is 8.48. The molecule has 3 amide bonds. The van der Waals surface area contributed by atoms with Crippen LogP contribution in [0, 0.1) is 10.1 Å². The van der Waals surface area contributed by atoms with Crippen molar-refractivity contribution in [2.45, 2.75) is 17.5 Å². The normalized spacial score (nSPS) is 13.2. The van der Waals surface area contributed by atoms with Crippen LogP contribution in [0.4, 0.5) is 21.9 Å². The Kier molecular flexibility index (Phi) is 12.1. The number of nitro groups is 1. The molecule has 0 spiro atoms. The summed E-state index contributed by atoms with van der Waals surface area (Å²) in [5.74, 6) is -0.882. The second-order valence-electron chi connectivity index (χ2n) is 14.4. The summed E-state index contributed by atoms with van der Waals surface area (Å²) in [6.45, 7) is 4.07. The summed E-state index contributed by atoms with van der Waals surface area (Å²) in [7, 11) is -1.55. The van der Waals surface area contributed by atoms with Crippen LogP contribution in [0.1, 0.15) is 33.1 Å². The van der Waals surface area contributed by atoms with Crippen molar-refractivity contribution in [3.8, 4) is 11.1 Å². The van der Waals surface area contributed by atoms with Crippen LogP contribution in [0.15, 0.2) is 163 Å². The van der Waals surface area contributed by atoms with E-state index in [4.69, 9.17) is 0 Å². The van der Waals surface area contributed by atoms with E-state index in [0.29, 0.717) is 0 Å². The lowest BCUT2D eigenvalue weighted by Gasteiger charge is -2.36. The zero-order valence-corrected chi connectivity index (χ0v) is 33.5. The first-order valence-electron chi connectivity index (χ1n) is 19.2. The lowest BCUT2D eigenvalue weighted by molar-refractivity contribution is -0.384. The largest absolute Gasteiger partial charge is 0.369 e. The highest BCUT2D eigenvalue weighted by atomic mass is 32.2. The van der Waals surface area contributed by atoms with Crippen LogP contribution in [0.2, 0.25) is 0 Å². The van der Waals surface area contributed by atoms with Gasteiger partial charge in [0.15, 0.2) is 0 Å². The van der Waals surface area contributed by atoms with Gasteiger partial charge < -0.3 is 9.80 Å². The zero-order chi connectivity index (χ0) is 41.5. The number of hydrogen-bond acceptors (Lipinski definition) is 8. The highest BCUT2D eigenvalue weighted by Crippen LogP contribution is 2.34.